The van der Waals surface area contributed by atoms with Gasteiger partial charge in [-0.1, -0.05) is 87.5 Å². The molecule has 2 aromatic rings. The van der Waals surface area contributed by atoms with Gasteiger partial charge in [-0.2, -0.15) is 0 Å². The van der Waals surface area contributed by atoms with Gasteiger partial charge in [0.1, 0.15) is 18.3 Å². The number of benzene rings is 2. The highest BCUT2D eigenvalue weighted by molar-refractivity contribution is 6.99. The normalized spacial score (nSPS) is 23.0. The highest BCUT2D eigenvalue weighted by Gasteiger charge is 2.54. The summed E-state index contributed by atoms with van der Waals surface area (Å²) in [6.45, 7) is 16.4. The van der Waals surface area contributed by atoms with Gasteiger partial charge in [0, 0.05) is 7.11 Å². The highest BCUT2D eigenvalue weighted by Crippen LogP contribution is 2.39. The van der Waals surface area contributed by atoms with Gasteiger partial charge in [-0.3, -0.25) is 0 Å². The Labute approximate surface area is 212 Å². The van der Waals surface area contributed by atoms with E-state index in [0.717, 1.165) is 0 Å². The van der Waals surface area contributed by atoms with Crippen molar-refractivity contribution in [2.45, 2.75) is 82.7 Å². The number of hydrogen-bond donors (Lipinski definition) is 1. The molecule has 0 saturated carbocycles. The average molecular weight is 499 g/mol. The number of hydrogen-bond acceptors (Lipinski definition) is 5. The molecular formula is C29H42O5Si. The van der Waals surface area contributed by atoms with Crippen LogP contribution < -0.4 is 10.4 Å². The number of rotatable bonds is 10. The molecule has 1 aliphatic heterocycles. The summed E-state index contributed by atoms with van der Waals surface area (Å²) in [6.07, 6.45) is 0.514. The molecule has 0 bridgehead atoms. The van der Waals surface area contributed by atoms with E-state index in [1.807, 2.05) is 26.0 Å². The molecule has 35 heavy (non-hydrogen) atoms. The molecule has 1 heterocycles. The largest absolute Gasteiger partial charge is 0.405 e. The average Bonchev–Trinajstić information content (AvgIpc) is 3.09. The number of methoxy groups -OCH3 is 1. The molecular weight excluding hydrogens is 456 g/mol. The zero-order chi connectivity index (χ0) is 25.9. The molecule has 0 spiro atoms. The summed E-state index contributed by atoms with van der Waals surface area (Å²) in [6, 6.07) is 21.0. The third-order valence-corrected chi connectivity index (χ3v) is 11.8. The van der Waals surface area contributed by atoms with Crippen molar-refractivity contribution >= 4 is 18.7 Å². The van der Waals surface area contributed by atoms with Crippen LogP contribution in [-0.4, -0.2) is 56.8 Å². The molecule has 4 atom stereocenters. The van der Waals surface area contributed by atoms with Crippen molar-refractivity contribution in [3.63, 3.8) is 0 Å². The van der Waals surface area contributed by atoms with Crippen LogP contribution in [0.3, 0.4) is 0 Å². The van der Waals surface area contributed by atoms with Crippen LogP contribution in [0.4, 0.5) is 0 Å². The van der Waals surface area contributed by atoms with Crippen molar-refractivity contribution in [3.8, 4) is 0 Å². The van der Waals surface area contributed by atoms with Crippen LogP contribution in [0.5, 0.6) is 0 Å². The van der Waals surface area contributed by atoms with Crippen LogP contribution in [0.1, 0.15) is 48.0 Å². The zero-order valence-electron chi connectivity index (χ0n) is 22.3. The maximum Gasteiger partial charge on any atom is 0.261 e. The predicted octanol–water partition coefficient (Wildman–Crippen LogP) is 4.43. The van der Waals surface area contributed by atoms with E-state index in [1.165, 1.54) is 10.4 Å². The Morgan fingerprint density at radius 2 is 1.51 bits per heavy atom. The second kappa shape index (κ2) is 10.7. The number of ether oxygens (including phenoxy) is 3. The van der Waals surface area contributed by atoms with Crippen LogP contribution in [-0.2, 0) is 18.6 Å². The highest BCUT2D eigenvalue weighted by atomic mass is 28.4. The summed E-state index contributed by atoms with van der Waals surface area (Å²) >= 11 is 0. The van der Waals surface area contributed by atoms with Crippen molar-refractivity contribution in [2.75, 3.05) is 13.7 Å². The van der Waals surface area contributed by atoms with Gasteiger partial charge in [-0.05, 0) is 42.6 Å². The Balaban J connectivity index is 2.03. The first-order valence-corrected chi connectivity index (χ1v) is 14.3. The SMILES string of the molecule is C=CC[C@](C)(O)C(OC)C1OC(C)(C)OC1CO[Si](c1ccccc1)(c1ccccc1)C(C)(C)C. The molecule has 3 rings (SSSR count). The lowest BCUT2D eigenvalue weighted by atomic mass is 9.89. The Morgan fingerprint density at radius 3 is 1.94 bits per heavy atom. The van der Waals surface area contributed by atoms with Gasteiger partial charge in [0.15, 0.2) is 5.79 Å². The molecule has 3 unspecified atom stereocenters. The van der Waals surface area contributed by atoms with Crippen molar-refractivity contribution in [2.24, 2.45) is 0 Å². The fourth-order valence-electron chi connectivity index (χ4n) is 5.37. The van der Waals surface area contributed by atoms with E-state index in [9.17, 15) is 5.11 Å². The summed E-state index contributed by atoms with van der Waals surface area (Å²) in [7, 11) is -1.16. The topological polar surface area (TPSA) is 57.2 Å². The van der Waals surface area contributed by atoms with Gasteiger partial charge >= 0.3 is 0 Å². The molecule has 1 fully saturated rings. The van der Waals surface area contributed by atoms with Crippen LogP contribution in [0.2, 0.25) is 5.04 Å². The first-order valence-electron chi connectivity index (χ1n) is 12.3. The second-order valence-electron chi connectivity index (χ2n) is 11.1. The van der Waals surface area contributed by atoms with Gasteiger partial charge in [0.05, 0.1) is 12.2 Å². The maximum atomic E-state index is 11.2. The van der Waals surface area contributed by atoms with E-state index in [4.69, 9.17) is 18.6 Å². The molecule has 0 aliphatic carbocycles. The van der Waals surface area contributed by atoms with Gasteiger partial charge in [-0.25, -0.2) is 0 Å². The van der Waals surface area contributed by atoms with Crippen LogP contribution in [0.15, 0.2) is 73.3 Å². The first-order chi connectivity index (χ1) is 16.4. The molecule has 1 N–H and O–H groups in total. The zero-order valence-corrected chi connectivity index (χ0v) is 23.3. The van der Waals surface area contributed by atoms with Crippen molar-refractivity contribution in [3.05, 3.63) is 73.3 Å². The quantitative estimate of drug-likeness (QED) is 0.388. The lowest BCUT2D eigenvalue weighted by Crippen LogP contribution is -2.67. The van der Waals surface area contributed by atoms with Crippen molar-refractivity contribution in [1.29, 1.82) is 0 Å². The summed E-state index contributed by atoms with van der Waals surface area (Å²) in [5.74, 6) is -0.828. The van der Waals surface area contributed by atoms with E-state index < -0.39 is 38.0 Å². The van der Waals surface area contributed by atoms with Gasteiger partial charge in [-0.15, -0.1) is 6.58 Å². The minimum absolute atomic E-state index is 0.158. The summed E-state index contributed by atoms with van der Waals surface area (Å²) < 4.78 is 25.6. The Kier molecular flexibility index (Phi) is 8.47. The lowest BCUT2D eigenvalue weighted by molar-refractivity contribution is -0.180. The standard InChI is InChI=1S/C29H42O5Si/c1-9-20-29(7,30)26(31-8)25-24(33-28(5,6)34-25)21-32-35(27(2,3)4,22-16-12-10-13-17-22)23-18-14-11-15-19-23/h9-19,24-26,30H,1,20-21H2,2-8H3/t24?,25?,26?,29-/m0/s1. The smallest absolute Gasteiger partial charge is 0.261 e. The summed E-state index contributed by atoms with van der Waals surface area (Å²) in [5.41, 5.74) is -1.17. The van der Waals surface area contributed by atoms with Crippen LogP contribution in [0.25, 0.3) is 0 Å². The molecule has 0 amide bonds. The fraction of sp³-hybridized carbons (Fsp3) is 0.517. The molecule has 0 aromatic heterocycles. The Hall–Kier alpha value is -1.80. The van der Waals surface area contributed by atoms with Crippen LogP contribution >= 0.6 is 0 Å². The molecule has 1 aliphatic rings. The third-order valence-electron chi connectivity index (χ3n) is 6.83. The minimum atomic E-state index is -2.75. The Morgan fingerprint density at radius 1 is 1.00 bits per heavy atom. The van der Waals surface area contributed by atoms with E-state index in [0.29, 0.717) is 13.0 Å². The molecule has 6 heteroatoms. The lowest BCUT2D eigenvalue weighted by Gasteiger charge is -2.44. The van der Waals surface area contributed by atoms with E-state index in [-0.39, 0.29) is 5.04 Å². The third kappa shape index (κ3) is 5.79. The van der Waals surface area contributed by atoms with E-state index >= 15 is 0 Å². The predicted molar refractivity (Wildman–Crippen MR) is 144 cm³/mol. The Bertz CT molecular complexity index is 913. The summed E-state index contributed by atoms with van der Waals surface area (Å²) in [4.78, 5) is 0. The molecule has 0 radical (unpaired) electrons. The first kappa shape index (κ1) is 27.8. The van der Waals surface area contributed by atoms with E-state index in [2.05, 4.69) is 75.9 Å². The van der Waals surface area contributed by atoms with Crippen molar-refractivity contribution in [1.82, 2.24) is 0 Å². The van der Waals surface area contributed by atoms with Gasteiger partial charge in [0.25, 0.3) is 8.32 Å². The van der Waals surface area contributed by atoms with Crippen molar-refractivity contribution < 1.29 is 23.7 Å². The molecule has 5 nitrogen and oxygen atoms in total. The summed E-state index contributed by atoms with van der Waals surface area (Å²) in [5, 5.41) is 13.4. The molecule has 1 saturated heterocycles. The van der Waals surface area contributed by atoms with Gasteiger partial charge in [0.2, 0.25) is 0 Å². The molecule has 2 aromatic carbocycles. The maximum absolute atomic E-state index is 11.2. The fourth-order valence-corrected chi connectivity index (χ4v) is 9.94. The monoisotopic (exact) mass is 498 g/mol. The van der Waals surface area contributed by atoms with E-state index in [1.54, 1.807) is 20.1 Å². The minimum Gasteiger partial charge on any atom is -0.405 e. The molecule has 192 valence electrons. The second-order valence-corrected chi connectivity index (χ2v) is 15.4. The van der Waals surface area contributed by atoms with Gasteiger partial charge < -0.3 is 23.7 Å². The number of aliphatic hydroxyl groups is 1. The van der Waals surface area contributed by atoms with Crippen LogP contribution in [0, 0.1) is 0 Å².